The average Bonchev–Trinajstić information content (AvgIpc) is 2.84. The molecule has 2 saturated carbocycles. The molecule has 3 rings (SSSR count). The molecule has 1 aromatic rings. The van der Waals surface area contributed by atoms with Crippen LogP contribution in [0.25, 0.3) is 0 Å². The van der Waals surface area contributed by atoms with Crippen molar-refractivity contribution >= 4 is 17.5 Å². The molecule has 0 aromatic carbocycles. The quantitative estimate of drug-likeness (QED) is 0.749. The summed E-state index contributed by atoms with van der Waals surface area (Å²) < 4.78 is 1.42. The number of anilines is 1. The molecule has 2 fully saturated rings. The predicted octanol–water partition coefficient (Wildman–Crippen LogP) is 0.460. The summed E-state index contributed by atoms with van der Waals surface area (Å²) in [6.45, 7) is 0.0122. The lowest BCUT2D eigenvalue weighted by Crippen LogP contribution is -2.48. The van der Waals surface area contributed by atoms with Crippen molar-refractivity contribution in [1.29, 1.82) is 0 Å². The van der Waals surface area contributed by atoms with Crippen molar-refractivity contribution in [2.75, 3.05) is 5.32 Å². The van der Waals surface area contributed by atoms with Gasteiger partial charge >= 0.3 is 0 Å². The van der Waals surface area contributed by atoms with Gasteiger partial charge in [0.2, 0.25) is 11.8 Å². The molecule has 1 aromatic heterocycles. The summed E-state index contributed by atoms with van der Waals surface area (Å²) >= 11 is 0. The Kier molecular flexibility index (Phi) is 4.15. The number of fused-ring (bicyclic) bond motifs is 2. The van der Waals surface area contributed by atoms with Crippen molar-refractivity contribution in [1.82, 2.24) is 9.78 Å². The van der Waals surface area contributed by atoms with Gasteiger partial charge in [0.15, 0.2) is 0 Å². The Morgan fingerprint density at radius 1 is 1.32 bits per heavy atom. The largest absolute Gasteiger partial charge is 0.368 e. The maximum Gasteiger partial charge on any atom is 0.239 e. The molecule has 120 valence electrons. The first-order valence-corrected chi connectivity index (χ1v) is 7.90. The smallest absolute Gasteiger partial charge is 0.239 e. The van der Waals surface area contributed by atoms with E-state index in [4.69, 9.17) is 11.5 Å². The van der Waals surface area contributed by atoms with Gasteiger partial charge in [-0.1, -0.05) is 6.42 Å². The Bertz CT molecular complexity index is 556. The minimum absolute atomic E-state index is 0.0122. The lowest BCUT2D eigenvalue weighted by Gasteiger charge is -2.43. The van der Waals surface area contributed by atoms with Crippen LogP contribution in [0.2, 0.25) is 0 Å². The SMILES string of the molecule is NC(=O)Cn1cc(NC(=O)C2CC3CCCC(C2)C3N)cn1. The molecule has 5 N–H and O–H groups in total. The van der Waals surface area contributed by atoms with Crippen LogP contribution in [-0.4, -0.2) is 27.6 Å². The molecule has 0 spiro atoms. The number of hydrogen-bond acceptors (Lipinski definition) is 4. The summed E-state index contributed by atoms with van der Waals surface area (Å²) in [7, 11) is 0. The molecule has 2 bridgehead atoms. The number of carbonyl (C=O) groups excluding carboxylic acids is 2. The minimum atomic E-state index is -0.463. The van der Waals surface area contributed by atoms with Crippen LogP contribution < -0.4 is 16.8 Å². The van der Waals surface area contributed by atoms with Crippen LogP contribution in [0.3, 0.4) is 0 Å². The fraction of sp³-hybridized carbons (Fsp3) is 0.667. The van der Waals surface area contributed by atoms with Gasteiger partial charge in [0.1, 0.15) is 6.54 Å². The monoisotopic (exact) mass is 305 g/mol. The molecular formula is C15H23N5O2. The molecule has 2 atom stereocenters. The topological polar surface area (TPSA) is 116 Å². The molecule has 0 radical (unpaired) electrons. The number of nitrogens with one attached hydrogen (secondary N) is 1. The summed E-state index contributed by atoms with van der Waals surface area (Å²) in [5, 5.41) is 6.90. The molecule has 7 nitrogen and oxygen atoms in total. The van der Waals surface area contributed by atoms with E-state index in [0.717, 1.165) is 25.7 Å². The maximum atomic E-state index is 12.5. The molecular weight excluding hydrogens is 282 g/mol. The third kappa shape index (κ3) is 3.14. The Labute approximate surface area is 129 Å². The zero-order chi connectivity index (χ0) is 15.7. The highest BCUT2D eigenvalue weighted by atomic mass is 16.2. The van der Waals surface area contributed by atoms with Gasteiger partial charge in [0.25, 0.3) is 0 Å². The van der Waals surface area contributed by atoms with Gasteiger partial charge < -0.3 is 16.8 Å². The van der Waals surface area contributed by atoms with Crippen molar-refractivity contribution in [2.45, 2.75) is 44.7 Å². The second-order valence-corrected chi connectivity index (χ2v) is 6.58. The second-order valence-electron chi connectivity index (χ2n) is 6.58. The van der Waals surface area contributed by atoms with E-state index in [1.54, 1.807) is 6.20 Å². The molecule has 2 amide bonds. The first kappa shape index (κ1) is 15.0. The Hall–Kier alpha value is -1.89. The van der Waals surface area contributed by atoms with Crippen molar-refractivity contribution in [3.8, 4) is 0 Å². The van der Waals surface area contributed by atoms with E-state index in [9.17, 15) is 9.59 Å². The number of hydrogen-bond donors (Lipinski definition) is 3. The number of nitrogens with two attached hydrogens (primary N) is 2. The van der Waals surface area contributed by atoms with E-state index >= 15 is 0 Å². The number of primary amides is 1. The molecule has 22 heavy (non-hydrogen) atoms. The summed E-state index contributed by atoms with van der Waals surface area (Å²) in [6.07, 6.45) is 8.42. The molecule has 7 heteroatoms. The summed E-state index contributed by atoms with van der Waals surface area (Å²) in [4.78, 5) is 23.3. The predicted molar refractivity (Wildman–Crippen MR) is 81.6 cm³/mol. The van der Waals surface area contributed by atoms with Crippen LogP contribution in [0.4, 0.5) is 5.69 Å². The summed E-state index contributed by atoms with van der Waals surface area (Å²) in [5.41, 5.74) is 12.0. The maximum absolute atomic E-state index is 12.5. The molecule has 2 aliphatic rings. The number of nitrogens with zero attached hydrogens (tertiary/aromatic N) is 2. The van der Waals surface area contributed by atoms with Gasteiger partial charge in [0, 0.05) is 18.2 Å². The lowest BCUT2D eigenvalue weighted by molar-refractivity contribution is -0.122. The third-order valence-electron chi connectivity index (χ3n) is 5.00. The molecule has 1 heterocycles. The van der Waals surface area contributed by atoms with Gasteiger partial charge in [-0.25, -0.2) is 0 Å². The second kappa shape index (κ2) is 6.08. The van der Waals surface area contributed by atoms with Crippen molar-refractivity contribution in [3.05, 3.63) is 12.4 Å². The molecule has 0 saturated heterocycles. The van der Waals surface area contributed by atoms with E-state index in [2.05, 4.69) is 10.4 Å². The van der Waals surface area contributed by atoms with Crippen LogP contribution in [0.1, 0.15) is 32.1 Å². The van der Waals surface area contributed by atoms with Gasteiger partial charge in [-0.2, -0.15) is 5.10 Å². The zero-order valence-electron chi connectivity index (χ0n) is 12.6. The Balaban J connectivity index is 1.60. The Morgan fingerprint density at radius 3 is 2.64 bits per heavy atom. The summed E-state index contributed by atoms with van der Waals surface area (Å²) in [6, 6.07) is 0.260. The highest BCUT2D eigenvalue weighted by molar-refractivity contribution is 5.92. The van der Waals surface area contributed by atoms with E-state index in [-0.39, 0.29) is 24.4 Å². The Morgan fingerprint density at radius 2 is 2.00 bits per heavy atom. The summed E-state index contributed by atoms with van der Waals surface area (Å²) in [5.74, 6) is 0.536. The minimum Gasteiger partial charge on any atom is -0.368 e. The van der Waals surface area contributed by atoms with E-state index in [0.29, 0.717) is 17.5 Å². The van der Waals surface area contributed by atoms with Gasteiger partial charge in [-0.15, -0.1) is 0 Å². The first-order valence-electron chi connectivity index (χ1n) is 7.90. The lowest BCUT2D eigenvalue weighted by atomic mass is 9.65. The van der Waals surface area contributed by atoms with Crippen molar-refractivity contribution in [2.24, 2.45) is 29.2 Å². The van der Waals surface area contributed by atoms with E-state index < -0.39 is 5.91 Å². The number of rotatable bonds is 4. The van der Waals surface area contributed by atoms with Gasteiger partial charge in [-0.05, 0) is 37.5 Å². The van der Waals surface area contributed by atoms with Gasteiger partial charge in [-0.3, -0.25) is 14.3 Å². The van der Waals surface area contributed by atoms with Crippen LogP contribution in [0.5, 0.6) is 0 Å². The van der Waals surface area contributed by atoms with Crippen molar-refractivity contribution in [3.63, 3.8) is 0 Å². The fourth-order valence-electron chi connectivity index (χ4n) is 3.92. The van der Waals surface area contributed by atoms with Crippen LogP contribution in [0.15, 0.2) is 12.4 Å². The van der Waals surface area contributed by atoms with Crippen molar-refractivity contribution < 1.29 is 9.59 Å². The zero-order valence-corrected chi connectivity index (χ0v) is 12.6. The number of aromatic nitrogens is 2. The van der Waals surface area contributed by atoms with E-state index in [1.807, 2.05) is 0 Å². The highest BCUT2D eigenvalue weighted by Crippen LogP contribution is 2.42. The number of amides is 2. The normalized spacial score (nSPS) is 30.8. The first-order chi connectivity index (χ1) is 10.5. The average molecular weight is 305 g/mol. The van der Waals surface area contributed by atoms with E-state index in [1.165, 1.54) is 17.3 Å². The standard InChI is InChI=1S/C15H23N5O2/c16-13(21)8-20-7-12(6-18-20)19-15(22)11-4-9-2-1-3-10(5-11)14(9)17/h6-7,9-11,14H,1-5,8,17H2,(H2,16,21)(H,19,22). The fourth-order valence-corrected chi connectivity index (χ4v) is 3.92. The molecule has 2 unspecified atom stereocenters. The molecule has 0 aliphatic heterocycles. The third-order valence-corrected chi connectivity index (χ3v) is 5.00. The highest BCUT2D eigenvalue weighted by Gasteiger charge is 2.40. The van der Waals surface area contributed by atoms with Crippen LogP contribution in [-0.2, 0) is 16.1 Å². The van der Waals surface area contributed by atoms with Crippen LogP contribution >= 0.6 is 0 Å². The number of carbonyl (C=O) groups is 2. The molecule has 2 aliphatic carbocycles. The van der Waals surface area contributed by atoms with Gasteiger partial charge in [0.05, 0.1) is 11.9 Å². The van der Waals surface area contributed by atoms with Crippen LogP contribution in [0, 0.1) is 17.8 Å².